The molecule has 1 saturated heterocycles. The molecule has 7 heteroatoms. The van der Waals surface area contributed by atoms with Crippen LogP contribution in [-0.2, 0) is 16.0 Å². The first kappa shape index (κ1) is 18.5. The van der Waals surface area contributed by atoms with Gasteiger partial charge in [-0.15, -0.1) is 0 Å². The highest BCUT2D eigenvalue weighted by Gasteiger charge is 2.36. The van der Waals surface area contributed by atoms with E-state index >= 15 is 0 Å². The number of hydrogen-bond donors (Lipinski definition) is 0. The van der Waals surface area contributed by atoms with Crippen molar-refractivity contribution in [3.63, 3.8) is 0 Å². The number of anilines is 1. The lowest BCUT2D eigenvalue weighted by Gasteiger charge is -2.40. The summed E-state index contributed by atoms with van der Waals surface area (Å²) in [5, 5.41) is 1.25. The van der Waals surface area contributed by atoms with Crippen LogP contribution in [0.4, 0.5) is 5.69 Å². The summed E-state index contributed by atoms with van der Waals surface area (Å²) >= 11 is 12.6. The Bertz CT molecular complexity index is 847. The number of fused-ring (bicyclic) bond motifs is 1. The Morgan fingerprint density at radius 1 is 1.30 bits per heavy atom. The van der Waals surface area contributed by atoms with Crippen LogP contribution in [0.25, 0.3) is 0 Å². The number of amides is 1. The highest BCUT2D eigenvalue weighted by molar-refractivity contribution is 6.35. The monoisotopic (exact) mass is 405 g/mol. The molecule has 0 spiro atoms. The predicted octanol–water partition coefficient (Wildman–Crippen LogP) is 3.74. The van der Waals surface area contributed by atoms with Gasteiger partial charge >= 0.3 is 0 Å². The molecule has 5 nitrogen and oxygen atoms in total. The molecule has 2 aliphatic rings. The quantitative estimate of drug-likeness (QED) is 0.763. The van der Waals surface area contributed by atoms with Crippen LogP contribution in [0.1, 0.15) is 24.1 Å². The predicted molar refractivity (Wildman–Crippen MR) is 106 cm³/mol. The third-order valence-corrected chi connectivity index (χ3v) is 5.85. The fraction of sp³-hybridized carbons (Fsp3) is 0.400. The van der Waals surface area contributed by atoms with Crippen molar-refractivity contribution in [2.45, 2.75) is 25.5 Å². The molecule has 142 valence electrons. The second-order valence-corrected chi connectivity index (χ2v) is 7.78. The normalized spacial score (nSPS) is 22.5. The van der Waals surface area contributed by atoms with Crippen molar-refractivity contribution in [1.29, 1.82) is 0 Å². The van der Waals surface area contributed by atoms with Crippen LogP contribution in [0.15, 0.2) is 36.7 Å². The van der Waals surface area contributed by atoms with Crippen LogP contribution in [0.2, 0.25) is 10.0 Å². The van der Waals surface area contributed by atoms with Crippen LogP contribution in [0.5, 0.6) is 0 Å². The van der Waals surface area contributed by atoms with Gasteiger partial charge in [-0.2, -0.15) is 0 Å². The lowest BCUT2D eigenvalue weighted by molar-refractivity contribution is -0.147. The average Bonchev–Trinajstić information content (AvgIpc) is 2.68. The molecule has 0 radical (unpaired) electrons. The zero-order valence-electron chi connectivity index (χ0n) is 15.1. The molecule has 2 atom stereocenters. The van der Waals surface area contributed by atoms with E-state index in [1.807, 2.05) is 36.2 Å². The molecule has 27 heavy (non-hydrogen) atoms. The summed E-state index contributed by atoms with van der Waals surface area (Å²) in [4.78, 5) is 21.4. The van der Waals surface area contributed by atoms with E-state index in [1.54, 1.807) is 12.3 Å². The van der Waals surface area contributed by atoms with Gasteiger partial charge in [-0.25, -0.2) is 0 Å². The van der Waals surface area contributed by atoms with Gasteiger partial charge in [0, 0.05) is 29.3 Å². The number of halogens is 2. The number of nitrogens with zero attached hydrogens (tertiary/aromatic N) is 3. The van der Waals surface area contributed by atoms with E-state index < -0.39 is 6.10 Å². The minimum absolute atomic E-state index is 0.00718. The molecule has 3 heterocycles. The van der Waals surface area contributed by atoms with Crippen LogP contribution >= 0.6 is 23.2 Å². The van der Waals surface area contributed by atoms with Crippen molar-refractivity contribution in [1.82, 2.24) is 9.88 Å². The number of benzene rings is 1. The number of ether oxygens (including phenoxy) is 1. The molecule has 1 aromatic heterocycles. The van der Waals surface area contributed by atoms with Crippen LogP contribution in [0, 0.1) is 0 Å². The number of pyridine rings is 1. The van der Waals surface area contributed by atoms with Gasteiger partial charge in [0.2, 0.25) is 0 Å². The number of rotatable bonds is 2. The molecule has 0 bridgehead atoms. The summed E-state index contributed by atoms with van der Waals surface area (Å²) in [6, 6.07) is 7.49. The minimum Gasteiger partial charge on any atom is -0.365 e. The van der Waals surface area contributed by atoms with E-state index in [4.69, 9.17) is 27.9 Å². The third kappa shape index (κ3) is 3.64. The fourth-order valence-electron chi connectivity index (χ4n) is 3.96. The first-order valence-electron chi connectivity index (χ1n) is 9.09. The van der Waals surface area contributed by atoms with Crippen LogP contribution in [-0.4, -0.2) is 48.1 Å². The van der Waals surface area contributed by atoms with Crippen molar-refractivity contribution >= 4 is 34.8 Å². The minimum atomic E-state index is -0.492. The summed E-state index contributed by atoms with van der Waals surface area (Å²) in [6.45, 7) is 4.43. The van der Waals surface area contributed by atoms with Gasteiger partial charge in [-0.1, -0.05) is 23.2 Å². The highest BCUT2D eigenvalue weighted by Crippen LogP contribution is 2.37. The lowest BCUT2D eigenvalue weighted by Crippen LogP contribution is -2.52. The molecule has 4 rings (SSSR count). The van der Waals surface area contributed by atoms with Crippen molar-refractivity contribution in [3.8, 4) is 0 Å². The zero-order valence-corrected chi connectivity index (χ0v) is 16.6. The molecule has 0 saturated carbocycles. The number of carbonyl (C=O) groups excluding carboxylic acids is 1. The molecular formula is C20H21Cl2N3O2. The van der Waals surface area contributed by atoms with Crippen LogP contribution in [0.3, 0.4) is 0 Å². The zero-order chi connectivity index (χ0) is 19.0. The highest BCUT2D eigenvalue weighted by atomic mass is 35.5. The molecule has 1 aromatic carbocycles. The molecular weight excluding hydrogens is 385 g/mol. The Balaban J connectivity index is 1.52. The summed E-state index contributed by atoms with van der Waals surface area (Å²) in [7, 11) is 0. The van der Waals surface area contributed by atoms with Gasteiger partial charge in [0.15, 0.2) is 6.10 Å². The molecule has 1 unspecified atom stereocenters. The maximum atomic E-state index is 13.2. The summed E-state index contributed by atoms with van der Waals surface area (Å²) in [5.41, 5.74) is 3.11. The maximum absolute atomic E-state index is 13.2. The Morgan fingerprint density at radius 3 is 2.93 bits per heavy atom. The van der Waals surface area contributed by atoms with E-state index in [0.29, 0.717) is 29.7 Å². The van der Waals surface area contributed by atoms with Gasteiger partial charge in [-0.05, 0) is 48.7 Å². The average molecular weight is 406 g/mol. The Hall–Kier alpha value is -1.82. The van der Waals surface area contributed by atoms with E-state index in [-0.39, 0.29) is 11.9 Å². The Labute approximate surface area is 168 Å². The lowest BCUT2D eigenvalue weighted by atomic mass is 9.93. The first-order chi connectivity index (χ1) is 13.0. The van der Waals surface area contributed by atoms with Gasteiger partial charge in [0.05, 0.1) is 31.1 Å². The van der Waals surface area contributed by atoms with Gasteiger partial charge in [0.1, 0.15) is 0 Å². The molecule has 1 fully saturated rings. The van der Waals surface area contributed by atoms with Crippen LogP contribution < -0.4 is 4.90 Å². The number of hydrogen-bond acceptors (Lipinski definition) is 4. The molecule has 0 aliphatic carbocycles. The number of morpholine rings is 1. The Kier molecular flexibility index (Phi) is 5.26. The third-order valence-electron chi connectivity index (χ3n) is 5.32. The van der Waals surface area contributed by atoms with Crippen molar-refractivity contribution < 1.29 is 9.53 Å². The number of aromatic nitrogens is 1. The van der Waals surface area contributed by atoms with Crippen molar-refractivity contribution in [2.24, 2.45) is 0 Å². The summed E-state index contributed by atoms with van der Waals surface area (Å²) in [6.07, 6.45) is 3.81. The topological polar surface area (TPSA) is 45.7 Å². The van der Waals surface area contributed by atoms with Crippen molar-refractivity contribution in [2.75, 3.05) is 31.1 Å². The summed E-state index contributed by atoms with van der Waals surface area (Å²) in [5.74, 6) is 0.00718. The molecule has 2 aromatic rings. The van der Waals surface area contributed by atoms with E-state index in [9.17, 15) is 4.79 Å². The largest absolute Gasteiger partial charge is 0.365 e. The van der Waals surface area contributed by atoms with E-state index in [1.165, 1.54) is 0 Å². The van der Waals surface area contributed by atoms with Crippen molar-refractivity contribution in [3.05, 3.63) is 57.8 Å². The van der Waals surface area contributed by atoms with Gasteiger partial charge < -0.3 is 14.5 Å². The standard InChI is InChI=1S/C20H21Cl2N3O2/c1-13-19-14(9-15(21)10-17(19)22)4-6-25(13)20(26)18-12-24(7-8-27-18)16-3-2-5-23-11-16/h2-3,5,9-11,13,18H,4,6-8,12H2,1H3/t13?,18-/m0/s1. The summed E-state index contributed by atoms with van der Waals surface area (Å²) < 4.78 is 5.82. The van der Waals surface area contributed by atoms with Gasteiger partial charge in [-0.3, -0.25) is 9.78 Å². The van der Waals surface area contributed by atoms with E-state index in [2.05, 4.69) is 9.88 Å². The fourth-order valence-corrected chi connectivity index (χ4v) is 4.66. The first-order valence-corrected chi connectivity index (χ1v) is 9.85. The maximum Gasteiger partial charge on any atom is 0.254 e. The molecule has 2 aliphatic heterocycles. The smallest absolute Gasteiger partial charge is 0.254 e. The van der Waals surface area contributed by atoms with E-state index in [0.717, 1.165) is 29.8 Å². The molecule has 0 N–H and O–H groups in total. The SMILES string of the molecule is CC1c2c(Cl)cc(Cl)cc2CCN1C(=O)[C@@H]1CN(c2cccnc2)CCO1. The number of carbonyl (C=O) groups is 1. The Morgan fingerprint density at radius 2 is 2.15 bits per heavy atom. The van der Waals surface area contributed by atoms with Gasteiger partial charge in [0.25, 0.3) is 5.91 Å². The second kappa shape index (κ2) is 7.66. The molecule has 1 amide bonds. The second-order valence-electron chi connectivity index (χ2n) is 6.93.